The Kier molecular flexibility index (Phi) is 6.16. The van der Waals surface area contributed by atoms with Crippen LogP contribution < -0.4 is 16.0 Å². The summed E-state index contributed by atoms with van der Waals surface area (Å²) in [5.41, 5.74) is 7.49. The molecule has 1 aliphatic rings. The van der Waals surface area contributed by atoms with Crippen molar-refractivity contribution < 1.29 is 14.5 Å². The molecule has 126 valence electrons. The maximum atomic E-state index is 12.2. The molecule has 2 rings (SSSR count). The van der Waals surface area contributed by atoms with Crippen molar-refractivity contribution in [2.75, 3.05) is 25.0 Å². The molecule has 1 fully saturated rings. The van der Waals surface area contributed by atoms with Crippen LogP contribution in [0.3, 0.4) is 0 Å². The third kappa shape index (κ3) is 5.06. The minimum atomic E-state index is -0.247. The third-order valence-corrected chi connectivity index (χ3v) is 4.81. The van der Waals surface area contributed by atoms with Crippen molar-refractivity contribution in [1.29, 1.82) is 0 Å². The average molecular weight is 318 g/mol. The van der Waals surface area contributed by atoms with Gasteiger partial charge < -0.3 is 16.0 Å². The first-order valence-electron chi connectivity index (χ1n) is 8.52. The molecule has 2 amide bonds. The first kappa shape index (κ1) is 17.5. The summed E-state index contributed by atoms with van der Waals surface area (Å²) >= 11 is 0. The van der Waals surface area contributed by atoms with Crippen LogP contribution in [0.2, 0.25) is 0 Å². The summed E-state index contributed by atoms with van der Waals surface area (Å²) < 4.78 is 0. The normalized spacial score (nSPS) is 22.3. The Morgan fingerprint density at radius 3 is 2.65 bits per heavy atom. The number of nitrogens with one attached hydrogen (secondary N) is 2. The smallest absolute Gasteiger partial charge is 0.279 e. The predicted molar refractivity (Wildman–Crippen MR) is 91.3 cm³/mol. The van der Waals surface area contributed by atoms with E-state index in [0.29, 0.717) is 19.0 Å². The number of amides is 2. The van der Waals surface area contributed by atoms with E-state index in [-0.39, 0.29) is 17.7 Å². The Bertz CT molecular complexity index is 542. The first-order valence-corrected chi connectivity index (χ1v) is 8.52. The lowest BCUT2D eigenvalue weighted by Gasteiger charge is -2.27. The molecule has 0 radical (unpaired) electrons. The fourth-order valence-electron chi connectivity index (χ4n) is 3.12. The van der Waals surface area contributed by atoms with Crippen LogP contribution in [0.15, 0.2) is 24.3 Å². The number of rotatable bonds is 6. The van der Waals surface area contributed by atoms with Gasteiger partial charge in [0.25, 0.3) is 5.91 Å². The zero-order valence-electron chi connectivity index (χ0n) is 14.1. The van der Waals surface area contributed by atoms with Gasteiger partial charge in [0.2, 0.25) is 5.91 Å². The Morgan fingerprint density at radius 2 is 2.04 bits per heavy atom. The summed E-state index contributed by atoms with van der Waals surface area (Å²) in [6, 6.07) is 8.05. The second kappa shape index (κ2) is 8.11. The fraction of sp³-hybridized carbons (Fsp3) is 0.556. The van der Waals surface area contributed by atoms with Gasteiger partial charge in [-0.1, -0.05) is 26.0 Å². The van der Waals surface area contributed by atoms with Crippen molar-refractivity contribution in [1.82, 2.24) is 0 Å². The lowest BCUT2D eigenvalue weighted by Crippen LogP contribution is -3.14. The van der Waals surface area contributed by atoms with Crippen molar-refractivity contribution >= 4 is 17.5 Å². The molecule has 23 heavy (non-hydrogen) atoms. The molecule has 0 spiro atoms. The number of primary amides is 1. The molecule has 3 atom stereocenters. The third-order valence-electron chi connectivity index (χ3n) is 4.81. The van der Waals surface area contributed by atoms with Gasteiger partial charge in [-0.2, -0.15) is 0 Å². The van der Waals surface area contributed by atoms with Crippen molar-refractivity contribution in [2.24, 2.45) is 11.7 Å². The largest absolute Gasteiger partial charge is 0.369 e. The quantitative estimate of drug-likeness (QED) is 0.729. The molecular formula is C18H28N3O2+. The highest BCUT2D eigenvalue weighted by Gasteiger charge is 2.28. The number of piperidine rings is 1. The van der Waals surface area contributed by atoms with E-state index in [1.54, 1.807) is 0 Å². The summed E-state index contributed by atoms with van der Waals surface area (Å²) in [6.07, 6.45) is 2.89. The van der Waals surface area contributed by atoms with E-state index in [0.717, 1.165) is 36.4 Å². The molecule has 1 unspecified atom stereocenters. The lowest BCUT2D eigenvalue weighted by molar-refractivity contribution is -0.899. The van der Waals surface area contributed by atoms with E-state index in [1.807, 2.05) is 12.1 Å². The molecule has 0 bridgehead atoms. The Morgan fingerprint density at radius 1 is 1.35 bits per heavy atom. The topological polar surface area (TPSA) is 76.6 Å². The number of hydrogen-bond donors (Lipinski definition) is 3. The minimum Gasteiger partial charge on any atom is -0.369 e. The number of carbonyl (C=O) groups is 2. The zero-order chi connectivity index (χ0) is 16.8. The molecule has 0 aromatic heterocycles. The van der Waals surface area contributed by atoms with E-state index in [2.05, 4.69) is 31.3 Å². The van der Waals surface area contributed by atoms with Crippen LogP contribution in [0.4, 0.5) is 5.69 Å². The van der Waals surface area contributed by atoms with Gasteiger partial charge in [-0.15, -0.1) is 0 Å². The first-order chi connectivity index (χ1) is 11.0. The number of hydrogen-bond acceptors (Lipinski definition) is 2. The van der Waals surface area contributed by atoms with E-state index in [9.17, 15) is 9.59 Å². The molecule has 5 heteroatoms. The predicted octanol–water partition coefficient (Wildman–Crippen LogP) is 0.919. The fourth-order valence-corrected chi connectivity index (χ4v) is 3.12. The van der Waals surface area contributed by atoms with E-state index >= 15 is 0 Å². The van der Waals surface area contributed by atoms with Crippen LogP contribution in [-0.4, -0.2) is 31.4 Å². The second-order valence-electron chi connectivity index (χ2n) is 6.60. The number of carbonyl (C=O) groups excluding carboxylic acids is 2. The molecule has 0 saturated carbocycles. The number of nitrogens with two attached hydrogens (primary N) is 1. The van der Waals surface area contributed by atoms with Crippen LogP contribution >= 0.6 is 0 Å². The van der Waals surface area contributed by atoms with Crippen LogP contribution in [-0.2, 0) is 9.59 Å². The number of quaternary nitrogens is 1. The van der Waals surface area contributed by atoms with Crippen molar-refractivity contribution in [3.05, 3.63) is 29.8 Å². The van der Waals surface area contributed by atoms with Crippen LogP contribution in [0.1, 0.15) is 44.6 Å². The molecule has 4 N–H and O–H groups in total. The monoisotopic (exact) mass is 318 g/mol. The maximum absolute atomic E-state index is 12.2. The van der Waals surface area contributed by atoms with Crippen LogP contribution in [0.25, 0.3) is 0 Å². The lowest BCUT2D eigenvalue weighted by atomic mass is 9.97. The minimum absolute atomic E-state index is 0.0126. The van der Waals surface area contributed by atoms with Gasteiger partial charge >= 0.3 is 0 Å². The van der Waals surface area contributed by atoms with E-state index < -0.39 is 0 Å². The van der Waals surface area contributed by atoms with Crippen molar-refractivity contribution in [3.8, 4) is 0 Å². The van der Waals surface area contributed by atoms with Gasteiger partial charge in [0, 0.05) is 5.69 Å². The molecular weight excluding hydrogens is 290 g/mol. The molecule has 1 aliphatic heterocycles. The number of benzene rings is 1. The Labute approximate surface area is 138 Å². The SMILES string of the molecule is CC[C@H](C)c1ccc(NC(=O)C[NH+]2CCC[C@H](C(N)=O)C2)cc1. The summed E-state index contributed by atoms with van der Waals surface area (Å²) in [6.45, 7) is 6.33. The van der Waals surface area contributed by atoms with Gasteiger partial charge in [0.15, 0.2) is 6.54 Å². The maximum Gasteiger partial charge on any atom is 0.279 e. The van der Waals surface area contributed by atoms with Gasteiger partial charge in [-0.25, -0.2) is 0 Å². The van der Waals surface area contributed by atoms with Crippen molar-refractivity contribution in [2.45, 2.75) is 39.0 Å². The van der Waals surface area contributed by atoms with Crippen molar-refractivity contribution in [3.63, 3.8) is 0 Å². The molecule has 1 saturated heterocycles. The average Bonchev–Trinajstić information content (AvgIpc) is 2.55. The highest BCUT2D eigenvalue weighted by Crippen LogP contribution is 2.20. The molecule has 0 aliphatic carbocycles. The molecule has 5 nitrogen and oxygen atoms in total. The van der Waals surface area contributed by atoms with Crippen LogP contribution in [0.5, 0.6) is 0 Å². The van der Waals surface area contributed by atoms with E-state index in [4.69, 9.17) is 5.73 Å². The number of anilines is 1. The van der Waals surface area contributed by atoms with Gasteiger partial charge in [0.1, 0.15) is 0 Å². The van der Waals surface area contributed by atoms with Gasteiger partial charge in [-0.05, 0) is 42.9 Å². The summed E-state index contributed by atoms with van der Waals surface area (Å²) in [7, 11) is 0. The molecule has 1 aromatic carbocycles. The van der Waals surface area contributed by atoms with Gasteiger partial charge in [-0.3, -0.25) is 9.59 Å². The molecule has 1 aromatic rings. The van der Waals surface area contributed by atoms with Gasteiger partial charge in [0.05, 0.1) is 19.0 Å². The number of likely N-dealkylation sites (tertiary alicyclic amines) is 1. The van der Waals surface area contributed by atoms with Crippen LogP contribution in [0, 0.1) is 5.92 Å². The summed E-state index contributed by atoms with van der Waals surface area (Å²) in [5.74, 6) is 0.175. The summed E-state index contributed by atoms with van der Waals surface area (Å²) in [4.78, 5) is 24.6. The standard InChI is InChI=1S/C18H27N3O2/c1-3-13(2)14-6-8-16(9-7-14)20-17(22)12-21-10-4-5-15(11-21)18(19)23/h6-9,13,15H,3-5,10-12H2,1-2H3,(H2,19,23)(H,20,22)/p+1/t13-,15-/m0/s1. The zero-order valence-corrected chi connectivity index (χ0v) is 14.1. The highest BCUT2D eigenvalue weighted by molar-refractivity contribution is 5.91. The second-order valence-corrected chi connectivity index (χ2v) is 6.60. The Hall–Kier alpha value is -1.88. The highest BCUT2D eigenvalue weighted by atomic mass is 16.2. The Balaban J connectivity index is 1.85. The molecule has 1 heterocycles. The van der Waals surface area contributed by atoms with E-state index in [1.165, 1.54) is 5.56 Å². The summed E-state index contributed by atoms with van der Waals surface area (Å²) in [5, 5.41) is 2.94.